The van der Waals surface area contributed by atoms with Gasteiger partial charge in [0, 0.05) is 43.8 Å². The first kappa shape index (κ1) is 23.5. The van der Waals surface area contributed by atoms with Crippen LogP contribution in [-0.4, -0.2) is 50.5 Å². The summed E-state index contributed by atoms with van der Waals surface area (Å²) in [4.78, 5) is 7.14. The van der Waals surface area contributed by atoms with Crippen LogP contribution in [0.2, 0.25) is 0 Å². The van der Waals surface area contributed by atoms with Gasteiger partial charge in [-0.2, -0.15) is 13.2 Å². The van der Waals surface area contributed by atoms with Crippen LogP contribution in [0.1, 0.15) is 12.0 Å². The molecule has 0 radical (unpaired) electrons. The normalized spacial score (nSPS) is 12.1. The van der Waals surface area contributed by atoms with Gasteiger partial charge < -0.3 is 20.4 Å². The molecule has 0 bridgehead atoms. The molecule has 0 atom stereocenters. The fraction of sp³-hybridized carbons (Fsp3) is 0.471. The van der Waals surface area contributed by atoms with Crippen LogP contribution in [-0.2, 0) is 11.2 Å². The number of fused-ring (bicyclic) bond motifs is 1. The van der Waals surface area contributed by atoms with Gasteiger partial charge in [-0.05, 0) is 36.6 Å². The minimum atomic E-state index is -4.30. The minimum Gasteiger partial charge on any atom is -0.372 e. The van der Waals surface area contributed by atoms with Crippen LogP contribution in [0.5, 0.6) is 0 Å². The van der Waals surface area contributed by atoms with Gasteiger partial charge in [-0.1, -0.05) is 0 Å². The van der Waals surface area contributed by atoms with Crippen molar-refractivity contribution in [2.45, 2.75) is 19.0 Å². The summed E-state index contributed by atoms with van der Waals surface area (Å²) in [5.74, 6) is 0.267. The quantitative estimate of drug-likeness (QED) is 0.170. The van der Waals surface area contributed by atoms with Crippen molar-refractivity contribution >= 4 is 40.8 Å². The standard InChI is InChI=1S/C17H22F4N4O.HI/c1-22-16(23-6-2-8-26-11-17(19,20)21)24-7-5-12-10-25-15-4-3-13(18)9-14(12)15;/h3-4,9-10,25H,2,5-8,11H2,1H3,(H2,22,23,24);1H. The number of aromatic nitrogens is 1. The zero-order chi connectivity index (χ0) is 19.0. The maximum atomic E-state index is 13.4. The molecule has 0 saturated heterocycles. The second kappa shape index (κ2) is 11.3. The molecule has 0 fully saturated rings. The zero-order valence-electron chi connectivity index (χ0n) is 14.8. The first-order valence-electron chi connectivity index (χ1n) is 8.23. The lowest BCUT2D eigenvalue weighted by Gasteiger charge is -2.12. The number of nitrogens with zero attached hydrogens (tertiary/aromatic N) is 1. The molecule has 2 aromatic rings. The van der Waals surface area contributed by atoms with Crippen LogP contribution in [0, 0.1) is 5.82 Å². The van der Waals surface area contributed by atoms with Crippen molar-refractivity contribution in [2.24, 2.45) is 4.99 Å². The Hall–Kier alpha value is -1.56. The summed E-state index contributed by atoms with van der Waals surface area (Å²) >= 11 is 0. The number of alkyl halides is 3. The number of aromatic amines is 1. The van der Waals surface area contributed by atoms with Crippen molar-refractivity contribution in [1.82, 2.24) is 15.6 Å². The topological polar surface area (TPSA) is 61.4 Å². The third kappa shape index (κ3) is 8.33. The van der Waals surface area contributed by atoms with Crippen LogP contribution >= 0.6 is 24.0 Å². The molecule has 2 rings (SSSR count). The molecule has 0 saturated carbocycles. The number of halogens is 5. The van der Waals surface area contributed by atoms with E-state index in [-0.39, 0.29) is 36.4 Å². The van der Waals surface area contributed by atoms with E-state index >= 15 is 0 Å². The van der Waals surface area contributed by atoms with Crippen molar-refractivity contribution in [3.05, 3.63) is 35.8 Å². The van der Waals surface area contributed by atoms with Crippen LogP contribution < -0.4 is 10.6 Å². The van der Waals surface area contributed by atoms with E-state index in [1.54, 1.807) is 13.1 Å². The highest BCUT2D eigenvalue weighted by atomic mass is 127. The van der Waals surface area contributed by atoms with E-state index in [2.05, 4.69) is 25.3 Å². The highest BCUT2D eigenvalue weighted by Crippen LogP contribution is 2.19. The third-order valence-electron chi connectivity index (χ3n) is 3.66. The monoisotopic (exact) mass is 502 g/mol. The maximum absolute atomic E-state index is 13.4. The molecule has 5 nitrogen and oxygen atoms in total. The molecule has 0 unspecified atom stereocenters. The van der Waals surface area contributed by atoms with Gasteiger partial charge in [0.15, 0.2) is 5.96 Å². The number of rotatable bonds is 8. The van der Waals surface area contributed by atoms with Gasteiger partial charge in [0.2, 0.25) is 0 Å². The lowest BCUT2D eigenvalue weighted by Crippen LogP contribution is -2.39. The molecule has 0 aliphatic heterocycles. The maximum Gasteiger partial charge on any atom is 0.411 e. The average Bonchev–Trinajstić information content (AvgIpc) is 2.97. The SMILES string of the molecule is CN=C(NCCCOCC(F)(F)F)NCCc1c[nH]c2ccc(F)cc12.I. The summed E-state index contributed by atoms with van der Waals surface area (Å²) < 4.78 is 53.7. The lowest BCUT2D eigenvalue weighted by atomic mass is 10.1. The first-order chi connectivity index (χ1) is 12.4. The number of nitrogens with one attached hydrogen (secondary N) is 3. The van der Waals surface area contributed by atoms with E-state index in [0.717, 1.165) is 16.5 Å². The summed E-state index contributed by atoms with van der Waals surface area (Å²) in [5.41, 5.74) is 1.87. The number of hydrogen-bond donors (Lipinski definition) is 3. The van der Waals surface area contributed by atoms with E-state index < -0.39 is 12.8 Å². The Kier molecular flexibility index (Phi) is 9.84. The summed E-state index contributed by atoms with van der Waals surface area (Å²) in [7, 11) is 1.61. The summed E-state index contributed by atoms with van der Waals surface area (Å²) in [6.45, 7) is -0.195. The molecular weight excluding hydrogens is 479 g/mol. The number of ether oxygens (including phenoxy) is 1. The lowest BCUT2D eigenvalue weighted by molar-refractivity contribution is -0.173. The fourth-order valence-corrected chi connectivity index (χ4v) is 2.46. The predicted molar refractivity (Wildman–Crippen MR) is 108 cm³/mol. The largest absolute Gasteiger partial charge is 0.411 e. The van der Waals surface area contributed by atoms with Gasteiger partial charge >= 0.3 is 6.18 Å². The molecule has 3 N–H and O–H groups in total. The number of hydrogen-bond acceptors (Lipinski definition) is 2. The van der Waals surface area contributed by atoms with E-state index in [9.17, 15) is 17.6 Å². The minimum absolute atomic E-state index is 0. The zero-order valence-corrected chi connectivity index (χ0v) is 17.2. The van der Waals surface area contributed by atoms with E-state index in [1.807, 2.05) is 6.20 Å². The molecule has 1 aromatic heterocycles. The molecule has 0 aliphatic carbocycles. The first-order valence-corrected chi connectivity index (χ1v) is 8.23. The van der Waals surface area contributed by atoms with Crippen molar-refractivity contribution in [2.75, 3.05) is 33.4 Å². The van der Waals surface area contributed by atoms with Gasteiger partial charge in [-0.3, -0.25) is 4.99 Å². The Labute approximate surface area is 172 Å². The van der Waals surface area contributed by atoms with Gasteiger partial charge in [-0.15, -0.1) is 24.0 Å². The average molecular weight is 502 g/mol. The Morgan fingerprint density at radius 1 is 1.22 bits per heavy atom. The molecule has 0 amide bonds. The highest BCUT2D eigenvalue weighted by molar-refractivity contribution is 14.0. The Morgan fingerprint density at radius 2 is 1.96 bits per heavy atom. The van der Waals surface area contributed by atoms with Gasteiger partial charge in [0.25, 0.3) is 0 Å². The number of aliphatic imine (C=N–C) groups is 1. The van der Waals surface area contributed by atoms with Crippen molar-refractivity contribution in [3.63, 3.8) is 0 Å². The van der Waals surface area contributed by atoms with Crippen molar-refractivity contribution in [3.8, 4) is 0 Å². The predicted octanol–water partition coefficient (Wildman–Crippen LogP) is 3.60. The Bertz CT molecular complexity index is 733. The smallest absolute Gasteiger partial charge is 0.372 e. The van der Waals surface area contributed by atoms with Crippen LogP contribution in [0.3, 0.4) is 0 Å². The second-order valence-corrected chi connectivity index (χ2v) is 5.70. The van der Waals surface area contributed by atoms with Crippen molar-refractivity contribution in [1.29, 1.82) is 0 Å². The number of H-pyrrole nitrogens is 1. The third-order valence-corrected chi connectivity index (χ3v) is 3.66. The van der Waals surface area contributed by atoms with Gasteiger partial charge in [0.05, 0.1) is 0 Å². The fourth-order valence-electron chi connectivity index (χ4n) is 2.46. The van der Waals surface area contributed by atoms with E-state index in [4.69, 9.17) is 0 Å². The highest BCUT2D eigenvalue weighted by Gasteiger charge is 2.27. The molecule has 0 aliphatic rings. The summed E-state index contributed by atoms with van der Waals surface area (Å²) in [5, 5.41) is 6.96. The molecular formula is C17H23F4IN4O. The van der Waals surface area contributed by atoms with Crippen LogP contribution in [0.4, 0.5) is 17.6 Å². The van der Waals surface area contributed by atoms with E-state index in [1.165, 1.54) is 12.1 Å². The van der Waals surface area contributed by atoms with Crippen LogP contribution in [0.15, 0.2) is 29.4 Å². The Morgan fingerprint density at radius 3 is 2.67 bits per heavy atom. The molecule has 27 heavy (non-hydrogen) atoms. The number of benzene rings is 1. The van der Waals surface area contributed by atoms with Gasteiger partial charge in [-0.25, -0.2) is 4.39 Å². The van der Waals surface area contributed by atoms with E-state index in [0.29, 0.717) is 31.9 Å². The van der Waals surface area contributed by atoms with Gasteiger partial charge in [0.1, 0.15) is 12.4 Å². The Balaban J connectivity index is 0.00000364. The van der Waals surface area contributed by atoms with Crippen molar-refractivity contribution < 1.29 is 22.3 Å². The summed E-state index contributed by atoms with van der Waals surface area (Å²) in [6, 6.07) is 4.60. The number of guanidine groups is 1. The molecule has 10 heteroatoms. The molecule has 152 valence electrons. The second-order valence-electron chi connectivity index (χ2n) is 5.70. The molecule has 1 aromatic carbocycles. The molecule has 1 heterocycles. The summed E-state index contributed by atoms with van der Waals surface area (Å²) in [6.07, 6.45) is -1.35. The molecule has 0 spiro atoms. The van der Waals surface area contributed by atoms with Crippen LogP contribution in [0.25, 0.3) is 10.9 Å².